The van der Waals surface area contributed by atoms with Crippen LogP contribution in [0.4, 0.5) is 5.13 Å². The minimum Gasteiger partial charge on any atom is -0.494 e. The van der Waals surface area contributed by atoms with E-state index < -0.39 is 5.97 Å². The highest BCUT2D eigenvalue weighted by Gasteiger charge is 2.54. The number of carbonyl (C=O) groups is 1. The van der Waals surface area contributed by atoms with Crippen LogP contribution in [0.5, 0.6) is 5.75 Å². The summed E-state index contributed by atoms with van der Waals surface area (Å²) in [5, 5.41) is 15.6. The van der Waals surface area contributed by atoms with Gasteiger partial charge >= 0.3 is 5.97 Å². The average molecular weight is 569 g/mol. The first-order valence-corrected chi connectivity index (χ1v) is 13.9. The lowest BCUT2D eigenvalue weighted by Gasteiger charge is -2.17. The summed E-state index contributed by atoms with van der Waals surface area (Å²) < 4.78 is 12.0. The largest absolute Gasteiger partial charge is 0.494 e. The van der Waals surface area contributed by atoms with E-state index in [4.69, 9.17) is 37.4 Å². The van der Waals surface area contributed by atoms with Crippen molar-refractivity contribution in [2.75, 3.05) is 25.1 Å². The number of nitrogens with zero attached hydrogens (tertiary/aromatic N) is 4. The van der Waals surface area contributed by atoms with Gasteiger partial charge in [0.1, 0.15) is 22.7 Å². The van der Waals surface area contributed by atoms with Gasteiger partial charge in [0.15, 0.2) is 5.13 Å². The third-order valence-electron chi connectivity index (χ3n) is 7.73. The van der Waals surface area contributed by atoms with E-state index in [0.29, 0.717) is 56.2 Å². The number of hydrogen-bond donors (Lipinski definition) is 1. The lowest BCUT2D eigenvalue weighted by atomic mass is 10.0. The Balaban J connectivity index is 1.11. The van der Waals surface area contributed by atoms with Gasteiger partial charge in [-0.3, -0.25) is 4.98 Å². The summed E-state index contributed by atoms with van der Waals surface area (Å²) in [7, 11) is 1.54. The van der Waals surface area contributed by atoms with E-state index in [-0.39, 0.29) is 5.56 Å². The number of aromatic carboxylic acids is 1. The molecular formula is C27H22Cl2N4O4S. The molecule has 0 amide bonds. The van der Waals surface area contributed by atoms with Crippen LogP contribution in [0.3, 0.4) is 0 Å². The van der Waals surface area contributed by atoms with Gasteiger partial charge in [-0.1, -0.05) is 51.8 Å². The van der Waals surface area contributed by atoms with Crippen LogP contribution in [0.25, 0.3) is 27.6 Å². The molecular weight excluding hydrogens is 547 g/mol. The summed E-state index contributed by atoms with van der Waals surface area (Å²) in [6.07, 6.45) is 9.74. The van der Waals surface area contributed by atoms with Crippen LogP contribution in [-0.2, 0) is 0 Å². The fraction of sp³-hybridized carbons (Fsp3) is 0.333. The summed E-state index contributed by atoms with van der Waals surface area (Å²) in [5.41, 5.74) is 3.18. The number of halogens is 2. The molecule has 4 heterocycles. The Labute approximate surface area is 231 Å². The summed E-state index contributed by atoms with van der Waals surface area (Å²) in [4.78, 5) is 22.6. The number of allylic oxidation sites excluding steroid dienone is 1. The average Bonchev–Trinajstić information content (AvgIpc) is 3.66. The van der Waals surface area contributed by atoms with Gasteiger partial charge in [0.05, 0.1) is 27.4 Å². The molecule has 3 aromatic heterocycles. The fourth-order valence-corrected chi connectivity index (χ4v) is 7.14. The molecule has 0 bridgehead atoms. The molecule has 1 saturated heterocycles. The van der Waals surface area contributed by atoms with Crippen molar-refractivity contribution in [2.45, 2.75) is 18.8 Å². The Hall–Kier alpha value is -3.14. The Bertz CT molecular complexity index is 1600. The normalized spacial score (nSPS) is 22.4. The molecule has 11 heteroatoms. The van der Waals surface area contributed by atoms with Crippen LogP contribution in [0.2, 0.25) is 10.0 Å². The number of piperidine rings is 1. The highest BCUT2D eigenvalue weighted by Crippen LogP contribution is 2.55. The number of methoxy groups -OCH3 is 1. The predicted molar refractivity (Wildman–Crippen MR) is 147 cm³/mol. The minimum absolute atomic E-state index is 0.201. The van der Waals surface area contributed by atoms with Crippen LogP contribution in [0.15, 0.2) is 35.1 Å². The molecule has 2 unspecified atom stereocenters. The van der Waals surface area contributed by atoms with Crippen LogP contribution in [0.1, 0.15) is 40.4 Å². The van der Waals surface area contributed by atoms with Crippen molar-refractivity contribution in [3.8, 4) is 17.0 Å². The van der Waals surface area contributed by atoms with Gasteiger partial charge < -0.3 is 19.3 Å². The first-order chi connectivity index (χ1) is 18.4. The first kappa shape index (κ1) is 23.9. The third kappa shape index (κ3) is 3.95. The SMILES string of the molecule is COc1cc(C(=O)O)cc2sc(N3CC4C(C=Cc5c(-c6c(Cl)cncc6Cl)noc5C5CC5)C4C3)nc12. The van der Waals surface area contributed by atoms with E-state index in [9.17, 15) is 9.90 Å². The predicted octanol–water partition coefficient (Wildman–Crippen LogP) is 6.63. The molecule has 2 atom stereocenters. The van der Waals surface area contributed by atoms with Gasteiger partial charge in [-0.05, 0) is 42.7 Å². The maximum Gasteiger partial charge on any atom is 0.335 e. The van der Waals surface area contributed by atoms with Crippen molar-refractivity contribution in [1.29, 1.82) is 0 Å². The van der Waals surface area contributed by atoms with Gasteiger partial charge in [-0.25, -0.2) is 9.78 Å². The van der Waals surface area contributed by atoms with E-state index in [1.165, 1.54) is 24.5 Å². The fourth-order valence-electron chi connectivity index (χ4n) is 5.55. The van der Waals surface area contributed by atoms with Crippen molar-refractivity contribution in [3.05, 3.63) is 57.5 Å². The molecule has 1 aliphatic heterocycles. The number of carboxylic acid groups (broad SMARTS) is 1. The van der Waals surface area contributed by atoms with E-state index in [2.05, 4.69) is 27.2 Å². The zero-order valence-corrected chi connectivity index (χ0v) is 22.6. The number of thiazole rings is 1. The molecule has 0 spiro atoms. The summed E-state index contributed by atoms with van der Waals surface area (Å²) in [5.74, 6) is 2.33. The number of aromatic nitrogens is 3. The molecule has 4 aromatic rings. The lowest BCUT2D eigenvalue weighted by molar-refractivity contribution is 0.0696. The second kappa shape index (κ2) is 8.97. The highest BCUT2D eigenvalue weighted by molar-refractivity contribution is 7.22. The van der Waals surface area contributed by atoms with Gasteiger partial charge in [0.2, 0.25) is 0 Å². The number of hydrogen-bond acceptors (Lipinski definition) is 8. The van der Waals surface area contributed by atoms with Crippen molar-refractivity contribution in [3.63, 3.8) is 0 Å². The van der Waals surface area contributed by atoms with Crippen molar-refractivity contribution in [1.82, 2.24) is 15.1 Å². The topological polar surface area (TPSA) is 102 Å². The van der Waals surface area contributed by atoms with Crippen LogP contribution in [-0.4, -0.2) is 46.4 Å². The van der Waals surface area contributed by atoms with Crippen LogP contribution >= 0.6 is 34.5 Å². The first-order valence-electron chi connectivity index (χ1n) is 12.4. The van der Waals surface area contributed by atoms with E-state index >= 15 is 0 Å². The number of rotatable bonds is 7. The zero-order valence-electron chi connectivity index (χ0n) is 20.2. The third-order valence-corrected chi connectivity index (χ3v) is 9.36. The second-order valence-electron chi connectivity index (χ2n) is 10.1. The number of benzene rings is 1. The maximum absolute atomic E-state index is 11.5. The minimum atomic E-state index is -0.980. The highest BCUT2D eigenvalue weighted by atomic mass is 35.5. The maximum atomic E-state index is 11.5. The molecule has 38 heavy (non-hydrogen) atoms. The molecule has 1 N–H and O–H groups in total. The Morgan fingerprint density at radius 1 is 1.21 bits per heavy atom. The van der Waals surface area contributed by atoms with Crippen LogP contribution in [0, 0.1) is 17.8 Å². The number of pyridine rings is 1. The van der Waals surface area contributed by atoms with Gasteiger partial charge in [-0.15, -0.1) is 0 Å². The molecule has 2 saturated carbocycles. The van der Waals surface area contributed by atoms with E-state index in [1.807, 2.05) is 0 Å². The van der Waals surface area contributed by atoms with Crippen molar-refractivity contribution >= 4 is 61.9 Å². The molecule has 8 nitrogen and oxygen atoms in total. The monoisotopic (exact) mass is 568 g/mol. The smallest absolute Gasteiger partial charge is 0.335 e. The number of ether oxygens (including phenoxy) is 1. The summed E-state index contributed by atoms with van der Waals surface area (Å²) in [6, 6.07) is 3.19. The zero-order chi connectivity index (χ0) is 26.1. The number of anilines is 1. The van der Waals surface area contributed by atoms with E-state index in [1.54, 1.807) is 18.5 Å². The van der Waals surface area contributed by atoms with E-state index in [0.717, 1.165) is 47.1 Å². The quantitative estimate of drug-likeness (QED) is 0.265. The molecule has 1 aromatic carbocycles. The summed E-state index contributed by atoms with van der Waals surface area (Å²) >= 11 is 14.4. The molecule has 3 aliphatic rings. The van der Waals surface area contributed by atoms with Gasteiger partial charge in [0.25, 0.3) is 0 Å². The van der Waals surface area contributed by atoms with Crippen molar-refractivity contribution in [2.24, 2.45) is 17.8 Å². The Morgan fingerprint density at radius 3 is 2.61 bits per heavy atom. The molecule has 2 aliphatic carbocycles. The standard InChI is InChI=1S/C27H22Cl2N4O4S/c1-36-20-6-13(26(34)35)7-21-24(20)31-27(38-21)33-10-16-14(17(16)11-33)4-5-15-23(32-37-25(15)12-2-3-12)22-18(28)8-30-9-19(22)29/h4-9,12,14,16-17H,2-3,10-11H2,1H3,(H,34,35). The number of carboxylic acids is 1. The lowest BCUT2D eigenvalue weighted by Crippen LogP contribution is -2.23. The summed E-state index contributed by atoms with van der Waals surface area (Å²) in [6.45, 7) is 1.81. The van der Waals surface area contributed by atoms with Gasteiger partial charge in [-0.2, -0.15) is 0 Å². The Kier molecular flexibility index (Phi) is 5.65. The van der Waals surface area contributed by atoms with Crippen LogP contribution < -0.4 is 9.64 Å². The molecule has 194 valence electrons. The van der Waals surface area contributed by atoms with Gasteiger partial charge in [0, 0.05) is 42.5 Å². The van der Waals surface area contributed by atoms with Crippen molar-refractivity contribution < 1.29 is 19.2 Å². The Morgan fingerprint density at radius 2 is 1.95 bits per heavy atom. The number of fused-ring (bicyclic) bond motifs is 2. The molecule has 0 radical (unpaired) electrons. The molecule has 3 fully saturated rings. The second-order valence-corrected chi connectivity index (χ2v) is 11.9. The molecule has 7 rings (SSSR count).